The number of hydrogen-bond donors (Lipinski definition) is 0. The van der Waals surface area contributed by atoms with Gasteiger partial charge in [-0.2, -0.15) is 5.26 Å². The zero-order valence-corrected chi connectivity index (χ0v) is 6.79. The zero-order valence-electron chi connectivity index (χ0n) is 6.79. The van der Waals surface area contributed by atoms with Crippen LogP contribution in [0.4, 0.5) is 0 Å². The third kappa shape index (κ3) is 1.69. The van der Waals surface area contributed by atoms with Crippen molar-refractivity contribution in [3.63, 3.8) is 0 Å². The van der Waals surface area contributed by atoms with Crippen LogP contribution in [0.2, 0.25) is 0 Å². The van der Waals surface area contributed by atoms with Crippen LogP contribution in [-0.2, 0) is 4.42 Å². The summed E-state index contributed by atoms with van der Waals surface area (Å²) in [5.74, 6) is 2.76. The van der Waals surface area contributed by atoms with Crippen molar-refractivity contribution in [3.05, 3.63) is 22.8 Å². The van der Waals surface area contributed by atoms with E-state index in [2.05, 4.69) is 0 Å². The van der Waals surface area contributed by atoms with E-state index >= 15 is 0 Å². The number of rotatable bonds is 1. The minimum Gasteiger partial charge on any atom is -0.762 e. The fourth-order valence-corrected chi connectivity index (χ4v) is 0.953. The Kier molecular flexibility index (Phi) is 2.57. The topological polar surface area (TPSA) is 57.4 Å². The van der Waals surface area contributed by atoms with Crippen LogP contribution in [0.25, 0.3) is 5.41 Å². The number of allylic oxidation sites excluding steroid dienone is 2. The quantitative estimate of drug-likeness (QED) is 0.325. The largest absolute Gasteiger partial charge is 0.762 e. The van der Waals surface area contributed by atoms with Crippen molar-refractivity contribution < 1.29 is 4.42 Å². The lowest BCUT2D eigenvalue weighted by molar-refractivity contribution is -0.378. The summed E-state index contributed by atoms with van der Waals surface area (Å²) in [5.41, 5.74) is 0.855. The van der Waals surface area contributed by atoms with Crippen molar-refractivity contribution in [1.29, 1.82) is 5.26 Å². The van der Waals surface area contributed by atoms with Gasteiger partial charge in [-0.3, -0.25) is 0 Å². The van der Waals surface area contributed by atoms with Crippen molar-refractivity contribution >= 4 is 11.7 Å². The van der Waals surface area contributed by atoms with Crippen molar-refractivity contribution in [2.24, 2.45) is 0 Å². The number of carbonyl (C=O) groups excluding carboxylic acids is 1. The highest BCUT2D eigenvalue weighted by molar-refractivity contribution is 5.79. The molecule has 0 aromatic heterocycles. The molecule has 1 rings (SSSR count). The van der Waals surface area contributed by atoms with Gasteiger partial charge in [0, 0.05) is 6.92 Å². The van der Waals surface area contributed by atoms with E-state index in [0.717, 1.165) is 18.6 Å². The van der Waals surface area contributed by atoms with Crippen molar-refractivity contribution in [3.8, 4) is 6.07 Å². The maximum atomic E-state index is 8.53. The minimum atomic E-state index is 0.155. The molecule has 12 heavy (non-hydrogen) atoms. The third-order valence-electron chi connectivity index (χ3n) is 1.69. The highest BCUT2D eigenvalue weighted by atomic mass is 16.4. The Balaban J connectivity index is 2.94. The molecule has 0 spiro atoms. The summed E-state index contributed by atoms with van der Waals surface area (Å²) in [7, 11) is 0. The maximum Gasteiger partial charge on any atom is 0.322 e. The summed E-state index contributed by atoms with van der Waals surface area (Å²) in [6, 6.07) is 1.83. The van der Waals surface area contributed by atoms with Gasteiger partial charge in [-0.1, -0.05) is 0 Å². The molecular weight excluding hydrogens is 152 g/mol. The lowest BCUT2D eigenvalue weighted by atomic mass is 10.0. The van der Waals surface area contributed by atoms with E-state index in [1.807, 2.05) is 18.9 Å². The maximum absolute atomic E-state index is 8.53. The van der Waals surface area contributed by atoms with E-state index in [1.165, 1.54) is 6.26 Å². The van der Waals surface area contributed by atoms with Crippen LogP contribution in [0.15, 0.2) is 17.4 Å². The number of hydrogen-bond acceptors (Lipinski definition) is 1. The third-order valence-corrected chi connectivity index (χ3v) is 1.69. The molecule has 0 saturated heterocycles. The second-order valence-corrected chi connectivity index (χ2v) is 2.56. The first-order valence-electron chi connectivity index (χ1n) is 3.63. The highest BCUT2D eigenvalue weighted by Crippen LogP contribution is 2.16. The first-order chi connectivity index (χ1) is 5.77. The van der Waals surface area contributed by atoms with Gasteiger partial charge in [0.2, 0.25) is 0 Å². The summed E-state index contributed by atoms with van der Waals surface area (Å²) in [5, 5.41) is 17.1. The molecule has 0 aromatic rings. The monoisotopic (exact) mass is 160 g/mol. The Labute approximate surface area is 70.8 Å². The van der Waals surface area contributed by atoms with Gasteiger partial charge in [0.15, 0.2) is 0 Å². The molecule has 3 heteroatoms. The van der Waals surface area contributed by atoms with Crippen LogP contribution in [0.3, 0.4) is 0 Å². The lowest BCUT2D eigenvalue weighted by Gasteiger charge is -2.00. The molecule has 0 N–H and O–H groups in total. The van der Waals surface area contributed by atoms with E-state index in [9.17, 15) is 0 Å². The Morgan fingerprint density at radius 1 is 1.67 bits per heavy atom. The summed E-state index contributed by atoms with van der Waals surface area (Å²) in [6.45, 7) is 1.88. The molecular formula is C9H8N2O. The molecule has 1 aliphatic heterocycles. The Bertz CT molecular complexity index is 338. The zero-order chi connectivity index (χ0) is 8.97. The van der Waals surface area contributed by atoms with Gasteiger partial charge in [0.1, 0.15) is 6.07 Å². The Hall–Kier alpha value is -1.65. The molecule has 0 aromatic carbocycles. The smallest absolute Gasteiger partial charge is 0.322 e. The molecule has 1 aliphatic rings. The van der Waals surface area contributed by atoms with Gasteiger partial charge >= 0.3 is 12.0 Å². The normalized spacial score (nSPS) is 15.3. The van der Waals surface area contributed by atoms with E-state index in [-0.39, 0.29) is 5.57 Å². The molecule has 0 atom stereocenters. The molecule has 60 valence electrons. The molecule has 0 saturated carbocycles. The van der Waals surface area contributed by atoms with Gasteiger partial charge in [-0.15, -0.1) is 0 Å². The summed E-state index contributed by atoms with van der Waals surface area (Å²) in [4.78, 5) is 0. The number of nitrogens with zero attached hydrogens (tertiary/aromatic N) is 2. The second kappa shape index (κ2) is 3.66. The van der Waals surface area contributed by atoms with Gasteiger partial charge in [-0.05, 0) is 6.42 Å². The average Bonchev–Trinajstić information content (AvgIpc) is 2.10. The molecule has 0 bridgehead atoms. The van der Waals surface area contributed by atoms with Crippen LogP contribution in [0, 0.1) is 11.3 Å². The second-order valence-electron chi connectivity index (χ2n) is 2.56. The van der Waals surface area contributed by atoms with E-state index < -0.39 is 0 Å². The number of nitriles is 1. The summed E-state index contributed by atoms with van der Waals surface area (Å²) in [6.07, 6.45) is 3.00. The fraction of sp³-hybridized carbons (Fsp3) is 0.333. The van der Waals surface area contributed by atoms with Crippen LogP contribution in [0.1, 0.15) is 19.8 Å². The molecule has 1 heterocycles. The lowest BCUT2D eigenvalue weighted by Crippen LogP contribution is -2.02. The SMILES string of the molecule is CC1=[O+]C=C(C(=C=[N-])C#N)CC1. The Morgan fingerprint density at radius 2 is 2.42 bits per heavy atom. The van der Waals surface area contributed by atoms with E-state index in [4.69, 9.17) is 15.1 Å². The van der Waals surface area contributed by atoms with Crippen LogP contribution in [0.5, 0.6) is 0 Å². The average molecular weight is 160 g/mol. The predicted octanol–water partition coefficient (Wildman–Crippen LogP) is 1.48. The minimum absolute atomic E-state index is 0.155. The van der Waals surface area contributed by atoms with Gasteiger partial charge in [0.25, 0.3) is 0 Å². The van der Waals surface area contributed by atoms with Crippen molar-refractivity contribution in [2.75, 3.05) is 0 Å². The fourth-order valence-electron chi connectivity index (χ4n) is 0.953. The van der Waals surface area contributed by atoms with Gasteiger partial charge in [0.05, 0.1) is 17.6 Å². The molecule has 0 radical (unpaired) electrons. The van der Waals surface area contributed by atoms with Gasteiger partial charge in [-0.25, -0.2) is 10.3 Å². The molecule has 0 unspecified atom stereocenters. The van der Waals surface area contributed by atoms with Crippen molar-refractivity contribution in [1.82, 2.24) is 0 Å². The van der Waals surface area contributed by atoms with Crippen molar-refractivity contribution in [2.45, 2.75) is 19.8 Å². The molecule has 3 nitrogen and oxygen atoms in total. The molecule has 0 amide bonds. The summed E-state index contributed by atoms with van der Waals surface area (Å²) >= 11 is 0. The molecule has 0 fully saturated rings. The summed E-state index contributed by atoms with van der Waals surface area (Å²) < 4.78 is 5.11. The standard InChI is InChI=1S/C9H8N2O/c1-7-2-3-8(6-12-7)9(4-10)5-11/h6H,2-3H2,1H3. The molecule has 0 aliphatic carbocycles. The van der Waals surface area contributed by atoms with Crippen LogP contribution < -0.4 is 0 Å². The van der Waals surface area contributed by atoms with Crippen LogP contribution in [-0.4, -0.2) is 11.7 Å². The van der Waals surface area contributed by atoms with E-state index in [1.54, 1.807) is 0 Å². The Morgan fingerprint density at radius 3 is 2.83 bits per heavy atom. The number of ketones is 1. The predicted molar refractivity (Wildman–Crippen MR) is 45.5 cm³/mol. The van der Waals surface area contributed by atoms with Crippen LogP contribution >= 0.6 is 0 Å². The van der Waals surface area contributed by atoms with Gasteiger partial charge < -0.3 is 5.41 Å². The first-order valence-corrected chi connectivity index (χ1v) is 3.63. The van der Waals surface area contributed by atoms with E-state index in [0.29, 0.717) is 5.57 Å². The highest BCUT2D eigenvalue weighted by Gasteiger charge is 2.16. The first kappa shape index (κ1) is 8.45.